The smallest absolute Gasteiger partial charge is 0.280 e. The second-order valence-electron chi connectivity index (χ2n) is 9.61. The molecule has 0 N–H and O–H groups in total. The second kappa shape index (κ2) is 9.14. The molecule has 3 aromatic heterocycles. The summed E-state index contributed by atoms with van der Waals surface area (Å²) in [4.78, 5) is 31.8. The zero-order valence-electron chi connectivity index (χ0n) is 20.8. The number of nitrogens with zero attached hydrogens (tertiary/aromatic N) is 3. The van der Waals surface area contributed by atoms with Gasteiger partial charge < -0.3 is 4.42 Å². The van der Waals surface area contributed by atoms with Crippen molar-refractivity contribution in [1.29, 1.82) is 0 Å². The van der Waals surface area contributed by atoms with Gasteiger partial charge in [0.05, 0.1) is 26.8 Å². The molecule has 0 saturated heterocycles. The maximum atomic E-state index is 13.8. The van der Waals surface area contributed by atoms with Gasteiger partial charge in [-0.2, -0.15) is 0 Å². The van der Waals surface area contributed by atoms with Crippen LogP contribution in [0.4, 0.5) is 5.69 Å². The molecule has 0 spiro atoms. The Kier molecular flexibility index (Phi) is 5.57. The first-order chi connectivity index (χ1) is 19.0. The molecule has 2 aromatic carbocycles. The maximum absolute atomic E-state index is 13.8. The van der Waals surface area contributed by atoms with Gasteiger partial charge in [-0.1, -0.05) is 47.7 Å². The molecule has 9 heteroatoms. The summed E-state index contributed by atoms with van der Waals surface area (Å²) >= 11 is 2.98. The number of rotatable bonds is 4. The standard InChI is InChI=1S/C30H21N3O4S2/c1-17-8-11-21(23(15-17)33(35)36)24-13-10-19(37-24)16-26-29(34)32-28(25-7-4-14-38-25)22-12-9-18-5-2-3-6-20(18)27(22)31-30(32)39-26/h2-8,10-11,13-16,28H,9,12H2,1H3/b26-16+/t28-/m1/s1. The van der Waals surface area contributed by atoms with Gasteiger partial charge in [-0.3, -0.25) is 19.5 Å². The Morgan fingerprint density at radius 1 is 1.08 bits per heavy atom. The zero-order valence-corrected chi connectivity index (χ0v) is 22.4. The van der Waals surface area contributed by atoms with Gasteiger partial charge >= 0.3 is 0 Å². The van der Waals surface area contributed by atoms with E-state index in [0.29, 0.717) is 26.4 Å². The molecule has 0 radical (unpaired) electrons. The Bertz CT molecular complexity index is 1990. The van der Waals surface area contributed by atoms with Crippen molar-refractivity contribution in [2.75, 3.05) is 0 Å². The molecule has 1 aliphatic heterocycles. The third-order valence-electron chi connectivity index (χ3n) is 7.20. The number of nitro benzene ring substituents is 1. The van der Waals surface area contributed by atoms with Gasteiger partial charge in [0.2, 0.25) is 0 Å². The quantitative estimate of drug-likeness (QED) is 0.207. The van der Waals surface area contributed by atoms with E-state index in [2.05, 4.69) is 24.3 Å². The number of hydrogen-bond acceptors (Lipinski definition) is 7. The Balaban J connectivity index is 1.37. The molecular formula is C30H21N3O4S2. The summed E-state index contributed by atoms with van der Waals surface area (Å²) in [5.74, 6) is 0.830. The third-order valence-corrected chi connectivity index (χ3v) is 9.11. The highest BCUT2D eigenvalue weighted by Crippen LogP contribution is 2.42. The van der Waals surface area contributed by atoms with Crippen LogP contribution in [0.1, 0.15) is 39.8 Å². The first kappa shape index (κ1) is 23.8. The van der Waals surface area contributed by atoms with Crippen molar-refractivity contribution in [3.8, 4) is 11.3 Å². The Morgan fingerprint density at radius 2 is 1.95 bits per heavy atom. The molecule has 0 saturated carbocycles. The molecule has 0 unspecified atom stereocenters. The molecule has 0 amide bonds. The number of thiazole rings is 1. The van der Waals surface area contributed by atoms with Crippen molar-refractivity contribution in [2.45, 2.75) is 25.8 Å². The first-order valence-electron chi connectivity index (χ1n) is 12.5. The fourth-order valence-electron chi connectivity index (χ4n) is 5.42. The SMILES string of the molecule is Cc1ccc(-c2ccc(/C=c3/sc4n(c3=O)[C@@H](c3cccs3)C3=C(N=4)c4ccccc4CC3)o2)c([N+](=O)[O-])c1. The number of allylic oxidation sites excluding steroid dienone is 1. The largest absolute Gasteiger partial charge is 0.456 e. The predicted molar refractivity (Wildman–Crippen MR) is 153 cm³/mol. The van der Waals surface area contributed by atoms with Crippen molar-refractivity contribution >= 4 is 40.1 Å². The average Bonchev–Trinajstić information content (AvgIpc) is 3.69. The minimum atomic E-state index is -0.410. The predicted octanol–water partition coefficient (Wildman–Crippen LogP) is 5.86. The van der Waals surface area contributed by atoms with Crippen molar-refractivity contribution in [2.24, 2.45) is 4.99 Å². The summed E-state index contributed by atoms with van der Waals surface area (Å²) in [6.45, 7) is 1.81. The summed E-state index contributed by atoms with van der Waals surface area (Å²) in [6.07, 6.45) is 3.46. The Morgan fingerprint density at radius 3 is 2.77 bits per heavy atom. The van der Waals surface area contributed by atoms with Crippen molar-refractivity contribution in [3.05, 3.63) is 135 Å². The first-order valence-corrected chi connectivity index (χ1v) is 14.2. The third kappa shape index (κ3) is 3.93. The van der Waals surface area contributed by atoms with E-state index in [9.17, 15) is 14.9 Å². The van der Waals surface area contributed by atoms with Crippen LogP contribution >= 0.6 is 22.7 Å². The lowest BCUT2D eigenvalue weighted by atomic mass is 9.85. The van der Waals surface area contributed by atoms with Crippen LogP contribution in [0, 0.1) is 17.0 Å². The topological polar surface area (TPSA) is 90.6 Å². The molecule has 0 fully saturated rings. The Labute approximate surface area is 230 Å². The summed E-state index contributed by atoms with van der Waals surface area (Å²) in [5, 5.41) is 13.7. The Hall–Kier alpha value is -4.34. The van der Waals surface area contributed by atoms with Gasteiger partial charge in [-0.15, -0.1) is 11.3 Å². The van der Waals surface area contributed by atoms with Crippen LogP contribution in [0.3, 0.4) is 0 Å². The lowest BCUT2D eigenvalue weighted by Gasteiger charge is -2.30. The summed E-state index contributed by atoms with van der Waals surface area (Å²) in [6, 6.07) is 20.7. The van der Waals surface area contributed by atoms with Crippen LogP contribution in [-0.4, -0.2) is 9.49 Å². The van der Waals surface area contributed by atoms with Crippen LogP contribution < -0.4 is 14.9 Å². The van der Waals surface area contributed by atoms with Crippen LogP contribution in [0.15, 0.2) is 91.9 Å². The van der Waals surface area contributed by atoms with E-state index in [-0.39, 0.29) is 17.3 Å². The normalized spacial score (nSPS) is 16.4. The monoisotopic (exact) mass is 551 g/mol. The van der Waals surface area contributed by atoms with Crippen LogP contribution in [-0.2, 0) is 6.42 Å². The number of aromatic nitrogens is 1. The van der Waals surface area contributed by atoms with E-state index < -0.39 is 4.92 Å². The molecule has 1 aliphatic carbocycles. The number of hydrogen-bond donors (Lipinski definition) is 0. The number of benzene rings is 2. The number of aryl methyl sites for hydroxylation is 2. The van der Waals surface area contributed by atoms with E-state index >= 15 is 0 Å². The van der Waals surface area contributed by atoms with Crippen LogP contribution in [0.5, 0.6) is 0 Å². The summed E-state index contributed by atoms with van der Waals surface area (Å²) in [7, 11) is 0. The van der Waals surface area contributed by atoms with Crippen molar-refractivity contribution < 1.29 is 9.34 Å². The van der Waals surface area contributed by atoms with Gasteiger partial charge in [-0.25, -0.2) is 4.99 Å². The molecule has 4 heterocycles. The minimum absolute atomic E-state index is 0.0166. The lowest BCUT2D eigenvalue weighted by Crippen LogP contribution is -2.38. The van der Waals surface area contributed by atoms with Crippen LogP contribution in [0.2, 0.25) is 0 Å². The molecular weight excluding hydrogens is 530 g/mol. The molecule has 7 nitrogen and oxygen atoms in total. The fraction of sp³-hybridized carbons (Fsp3) is 0.133. The van der Waals surface area contributed by atoms with E-state index in [1.807, 2.05) is 35.1 Å². The van der Waals surface area contributed by atoms with Gasteiger partial charge in [0.1, 0.15) is 11.5 Å². The summed E-state index contributed by atoms with van der Waals surface area (Å²) < 4.78 is 8.30. The maximum Gasteiger partial charge on any atom is 0.280 e. The second-order valence-corrected chi connectivity index (χ2v) is 11.6. The number of thiophene rings is 1. The molecule has 2 aliphatic rings. The highest BCUT2D eigenvalue weighted by Gasteiger charge is 2.33. The van der Waals surface area contributed by atoms with E-state index in [4.69, 9.17) is 9.41 Å². The number of nitro groups is 1. The van der Waals surface area contributed by atoms with Gasteiger partial charge in [0, 0.05) is 22.6 Å². The number of fused-ring (bicyclic) bond motifs is 3. The molecule has 192 valence electrons. The molecule has 5 aromatic rings. The van der Waals surface area contributed by atoms with Gasteiger partial charge in [-0.05, 0) is 66.1 Å². The van der Waals surface area contributed by atoms with Crippen molar-refractivity contribution in [3.63, 3.8) is 0 Å². The lowest BCUT2D eigenvalue weighted by molar-refractivity contribution is -0.384. The van der Waals surface area contributed by atoms with E-state index in [0.717, 1.165) is 34.5 Å². The minimum Gasteiger partial charge on any atom is -0.456 e. The molecule has 7 rings (SSSR count). The zero-order chi connectivity index (χ0) is 26.7. The van der Waals surface area contributed by atoms with Crippen LogP contribution in [0.25, 0.3) is 23.1 Å². The van der Waals surface area contributed by atoms with Gasteiger partial charge in [0.25, 0.3) is 11.2 Å². The molecule has 39 heavy (non-hydrogen) atoms. The van der Waals surface area contributed by atoms with Crippen molar-refractivity contribution in [1.82, 2.24) is 4.57 Å². The molecule has 0 bridgehead atoms. The highest BCUT2D eigenvalue weighted by atomic mass is 32.1. The summed E-state index contributed by atoms with van der Waals surface area (Å²) in [5.41, 5.74) is 5.60. The van der Waals surface area contributed by atoms with E-state index in [1.54, 1.807) is 35.6 Å². The average molecular weight is 552 g/mol. The number of furan rings is 1. The fourth-order valence-corrected chi connectivity index (χ4v) is 7.25. The molecule has 1 atom stereocenters. The van der Waals surface area contributed by atoms with Gasteiger partial charge in [0.15, 0.2) is 4.80 Å². The highest BCUT2D eigenvalue weighted by molar-refractivity contribution is 7.10. The van der Waals surface area contributed by atoms with E-state index in [1.165, 1.54) is 28.5 Å².